The third-order valence-corrected chi connectivity index (χ3v) is 2.69. The van der Waals surface area contributed by atoms with Crippen molar-refractivity contribution in [2.45, 2.75) is 26.4 Å². The molecular formula is C15H20O5. The highest BCUT2D eigenvalue weighted by Crippen LogP contribution is 2.32. The van der Waals surface area contributed by atoms with Gasteiger partial charge in [-0.15, -0.1) is 0 Å². The normalized spacial score (nSPS) is 13.6. The zero-order chi connectivity index (χ0) is 14.6. The van der Waals surface area contributed by atoms with Crippen LogP contribution in [0.15, 0.2) is 18.2 Å². The van der Waals surface area contributed by atoms with Gasteiger partial charge in [0, 0.05) is 5.56 Å². The highest BCUT2D eigenvalue weighted by atomic mass is 16.7. The molecule has 1 aliphatic rings. The van der Waals surface area contributed by atoms with Crippen molar-refractivity contribution >= 4 is 5.78 Å². The van der Waals surface area contributed by atoms with Crippen molar-refractivity contribution < 1.29 is 23.7 Å². The van der Waals surface area contributed by atoms with E-state index in [4.69, 9.17) is 18.9 Å². The predicted octanol–water partition coefficient (Wildman–Crippen LogP) is 2.43. The maximum Gasteiger partial charge on any atom is 0.231 e. The Morgan fingerprint density at radius 2 is 1.95 bits per heavy atom. The molecule has 0 aromatic heterocycles. The van der Waals surface area contributed by atoms with Crippen LogP contribution in [0.2, 0.25) is 0 Å². The minimum atomic E-state index is -0.190. The molecule has 1 aliphatic heterocycles. The lowest BCUT2D eigenvalue weighted by Crippen LogP contribution is -2.22. The van der Waals surface area contributed by atoms with E-state index in [0.29, 0.717) is 30.3 Å². The van der Waals surface area contributed by atoms with E-state index in [1.54, 1.807) is 18.2 Å². The van der Waals surface area contributed by atoms with E-state index < -0.39 is 0 Å². The number of carbonyl (C=O) groups is 1. The Bertz CT molecular complexity index is 476. The number of ether oxygens (including phenoxy) is 4. The van der Waals surface area contributed by atoms with Crippen LogP contribution in [0.4, 0.5) is 0 Å². The van der Waals surface area contributed by atoms with Crippen LogP contribution in [0.3, 0.4) is 0 Å². The van der Waals surface area contributed by atoms with Crippen molar-refractivity contribution in [3.05, 3.63) is 23.8 Å². The number of fused-ring (bicyclic) bond motifs is 1. The van der Waals surface area contributed by atoms with Crippen LogP contribution in [0.5, 0.6) is 11.5 Å². The molecule has 0 spiro atoms. The number of hydrogen-bond donors (Lipinski definition) is 0. The van der Waals surface area contributed by atoms with Crippen molar-refractivity contribution in [1.29, 1.82) is 0 Å². The molecule has 0 saturated carbocycles. The molecule has 1 heterocycles. The van der Waals surface area contributed by atoms with Crippen LogP contribution in [-0.4, -0.2) is 38.0 Å². The van der Waals surface area contributed by atoms with Gasteiger partial charge in [-0.05, 0) is 39.0 Å². The van der Waals surface area contributed by atoms with Crippen LogP contribution >= 0.6 is 0 Å². The Labute approximate surface area is 118 Å². The smallest absolute Gasteiger partial charge is 0.231 e. The average Bonchev–Trinajstić information content (AvgIpc) is 2.83. The summed E-state index contributed by atoms with van der Waals surface area (Å²) >= 11 is 0. The van der Waals surface area contributed by atoms with Gasteiger partial charge in [0.2, 0.25) is 6.79 Å². The second kappa shape index (κ2) is 6.24. The summed E-state index contributed by atoms with van der Waals surface area (Å²) in [7, 11) is 0. The quantitative estimate of drug-likeness (QED) is 0.591. The number of ketones is 1. The van der Waals surface area contributed by atoms with Gasteiger partial charge in [-0.1, -0.05) is 0 Å². The Hall–Kier alpha value is -1.59. The van der Waals surface area contributed by atoms with Gasteiger partial charge in [0.1, 0.15) is 6.61 Å². The molecule has 0 radical (unpaired) electrons. The van der Waals surface area contributed by atoms with Gasteiger partial charge in [-0.25, -0.2) is 0 Å². The van der Waals surface area contributed by atoms with E-state index in [2.05, 4.69) is 0 Å². The molecule has 2 rings (SSSR count). The first kappa shape index (κ1) is 14.8. The highest BCUT2D eigenvalue weighted by molar-refractivity contribution is 5.97. The van der Waals surface area contributed by atoms with Crippen LogP contribution in [-0.2, 0) is 9.47 Å². The van der Waals surface area contributed by atoms with Gasteiger partial charge < -0.3 is 18.9 Å². The van der Waals surface area contributed by atoms with Gasteiger partial charge in [0.05, 0.1) is 18.8 Å². The monoisotopic (exact) mass is 280 g/mol. The second-order valence-electron chi connectivity index (χ2n) is 5.50. The van der Waals surface area contributed by atoms with Crippen molar-refractivity contribution in [3.63, 3.8) is 0 Å². The maximum atomic E-state index is 11.9. The largest absolute Gasteiger partial charge is 0.454 e. The van der Waals surface area contributed by atoms with Crippen molar-refractivity contribution in [3.8, 4) is 11.5 Å². The summed E-state index contributed by atoms with van der Waals surface area (Å²) < 4.78 is 21.3. The fraction of sp³-hybridized carbons (Fsp3) is 0.533. The van der Waals surface area contributed by atoms with E-state index in [0.717, 1.165) is 0 Å². The Morgan fingerprint density at radius 1 is 1.20 bits per heavy atom. The fourth-order valence-corrected chi connectivity index (χ4v) is 1.72. The molecule has 20 heavy (non-hydrogen) atoms. The summed E-state index contributed by atoms with van der Waals surface area (Å²) in [5.41, 5.74) is 0.371. The van der Waals surface area contributed by atoms with E-state index in [1.165, 1.54) is 0 Å². The Kier molecular flexibility index (Phi) is 4.62. The molecule has 0 aliphatic carbocycles. The number of carbonyl (C=O) groups excluding carboxylic acids is 1. The first-order valence-corrected chi connectivity index (χ1v) is 6.60. The van der Waals surface area contributed by atoms with Crippen molar-refractivity contribution in [2.75, 3.05) is 26.6 Å². The summed E-state index contributed by atoms with van der Waals surface area (Å²) in [5, 5.41) is 0. The Morgan fingerprint density at radius 3 is 2.70 bits per heavy atom. The lowest BCUT2D eigenvalue weighted by molar-refractivity contribution is -0.0324. The van der Waals surface area contributed by atoms with Gasteiger partial charge in [-0.2, -0.15) is 0 Å². The highest BCUT2D eigenvalue weighted by Gasteiger charge is 2.16. The summed E-state index contributed by atoms with van der Waals surface area (Å²) in [4.78, 5) is 11.9. The first-order valence-electron chi connectivity index (χ1n) is 6.60. The zero-order valence-corrected chi connectivity index (χ0v) is 12.1. The summed E-state index contributed by atoms with van der Waals surface area (Å²) in [6.07, 6.45) is 0. The van der Waals surface area contributed by atoms with Crippen LogP contribution in [0, 0.1) is 0 Å². The number of benzene rings is 1. The SMILES string of the molecule is CC(C)(C)OCCOCC(=O)c1ccc2c(c1)OCO2. The summed E-state index contributed by atoms with van der Waals surface area (Å²) in [5.74, 6) is 1.19. The van der Waals surface area contributed by atoms with Gasteiger partial charge >= 0.3 is 0 Å². The molecule has 5 nitrogen and oxygen atoms in total. The maximum absolute atomic E-state index is 11.9. The molecule has 0 amide bonds. The molecule has 110 valence electrons. The molecule has 0 N–H and O–H groups in total. The fourth-order valence-electron chi connectivity index (χ4n) is 1.72. The van der Waals surface area contributed by atoms with E-state index in [9.17, 15) is 4.79 Å². The number of rotatable bonds is 6. The minimum absolute atomic E-state index is 0.0349. The van der Waals surface area contributed by atoms with Crippen LogP contribution in [0.1, 0.15) is 31.1 Å². The second-order valence-corrected chi connectivity index (χ2v) is 5.50. The molecule has 0 fully saturated rings. The van der Waals surface area contributed by atoms with Crippen molar-refractivity contribution in [1.82, 2.24) is 0 Å². The molecule has 0 bridgehead atoms. The number of Topliss-reactive ketones (excluding diaryl/α,β-unsaturated/α-hetero) is 1. The lowest BCUT2D eigenvalue weighted by Gasteiger charge is -2.19. The molecule has 0 unspecified atom stereocenters. The van der Waals surface area contributed by atoms with Crippen LogP contribution in [0.25, 0.3) is 0 Å². The Balaban J connectivity index is 1.75. The molecule has 1 aromatic rings. The third kappa shape index (κ3) is 4.21. The first-order chi connectivity index (χ1) is 9.46. The summed E-state index contributed by atoms with van der Waals surface area (Å²) in [6.45, 7) is 7.03. The standard InChI is InChI=1S/C15H20O5/c1-15(2,3)20-7-6-17-9-12(16)11-4-5-13-14(8-11)19-10-18-13/h4-5,8H,6-7,9-10H2,1-3H3. The molecule has 0 saturated heterocycles. The molecule has 0 atom stereocenters. The molecule has 1 aromatic carbocycles. The van der Waals surface area contributed by atoms with Crippen LogP contribution < -0.4 is 9.47 Å². The molecular weight excluding hydrogens is 260 g/mol. The summed E-state index contributed by atoms with van der Waals surface area (Å²) in [6, 6.07) is 5.13. The average molecular weight is 280 g/mol. The van der Waals surface area contributed by atoms with E-state index >= 15 is 0 Å². The van der Waals surface area contributed by atoms with Gasteiger partial charge in [-0.3, -0.25) is 4.79 Å². The topological polar surface area (TPSA) is 54.0 Å². The third-order valence-electron chi connectivity index (χ3n) is 2.69. The lowest BCUT2D eigenvalue weighted by atomic mass is 10.1. The van der Waals surface area contributed by atoms with E-state index in [1.807, 2.05) is 20.8 Å². The van der Waals surface area contributed by atoms with Gasteiger partial charge in [0.25, 0.3) is 0 Å². The van der Waals surface area contributed by atoms with Gasteiger partial charge in [0.15, 0.2) is 17.3 Å². The minimum Gasteiger partial charge on any atom is -0.454 e. The predicted molar refractivity (Wildman–Crippen MR) is 73.4 cm³/mol. The van der Waals surface area contributed by atoms with E-state index in [-0.39, 0.29) is 24.8 Å². The molecule has 5 heteroatoms. The number of hydrogen-bond acceptors (Lipinski definition) is 5. The van der Waals surface area contributed by atoms with Crippen molar-refractivity contribution in [2.24, 2.45) is 0 Å². The zero-order valence-electron chi connectivity index (χ0n) is 12.1.